The molecule has 0 amide bonds. The zero-order valence-corrected chi connectivity index (χ0v) is 9.88. The molecule has 1 atom stereocenters. The Hall–Kier alpha value is -1.81. The second kappa shape index (κ2) is 4.59. The molecule has 0 saturated carbocycles. The molecule has 0 aliphatic rings. The summed E-state index contributed by atoms with van der Waals surface area (Å²) < 4.78 is 6.49. The van der Waals surface area contributed by atoms with Crippen molar-refractivity contribution in [2.24, 2.45) is 7.05 Å². The third-order valence-electron chi connectivity index (χ3n) is 2.87. The van der Waals surface area contributed by atoms with Gasteiger partial charge in [0.15, 0.2) is 0 Å². The van der Waals surface area contributed by atoms with Gasteiger partial charge in [-0.25, -0.2) is 0 Å². The lowest BCUT2D eigenvalue weighted by molar-refractivity contribution is -0.142. The number of aryl methyl sites for hydroxylation is 1. The predicted molar refractivity (Wildman–Crippen MR) is 64.5 cm³/mol. The molecule has 1 N–H and O–H groups in total. The van der Waals surface area contributed by atoms with Gasteiger partial charge in [-0.1, -0.05) is 18.2 Å². The van der Waals surface area contributed by atoms with Crippen LogP contribution in [0, 0.1) is 0 Å². The van der Waals surface area contributed by atoms with Crippen molar-refractivity contribution in [2.75, 3.05) is 7.11 Å². The van der Waals surface area contributed by atoms with E-state index in [2.05, 4.69) is 4.74 Å². The van der Waals surface area contributed by atoms with E-state index in [0.717, 1.165) is 16.5 Å². The minimum atomic E-state index is -0.825. The summed E-state index contributed by atoms with van der Waals surface area (Å²) in [6.45, 7) is 0. The summed E-state index contributed by atoms with van der Waals surface area (Å²) >= 11 is 0. The second-order valence-electron chi connectivity index (χ2n) is 4.01. The van der Waals surface area contributed by atoms with Gasteiger partial charge in [-0.05, 0) is 6.07 Å². The number of rotatable bonds is 3. The molecule has 1 unspecified atom stereocenters. The molecule has 0 bridgehead atoms. The third kappa shape index (κ3) is 2.17. The number of aliphatic hydroxyl groups is 1. The van der Waals surface area contributed by atoms with Crippen molar-refractivity contribution in [1.29, 1.82) is 0 Å². The Kier molecular flexibility index (Phi) is 3.15. The van der Waals surface area contributed by atoms with Crippen LogP contribution in [0.1, 0.15) is 18.1 Å². The van der Waals surface area contributed by atoms with E-state index < -0.39 is 12.1 Å². The van der Waals surface area contributed by atoms with Gasteiger partial charge in [-0.15, -0.1) is 0 Å². The largest absolute Gasteiger partial charge is 0.469 e. The van der Waals surface area contributed by atoms with Crippen molar-refractivity contribution in [2.45, 2.75) is 12.5 Å². The first-order chi connectivity index (χ1) is 8.13. The number of methoxy groups -OCH3 is 1. The molecular weight excluding hydrogens is 218 g/mol. The number of esters is 1. The molecule has 0 radical (unpaired) electrons. The number of aromatic nitrogens is 1. The Morgan fingerprint density at radius 1 is 1.47 bits per heavy atom. The van der Waals surface area contributed by atoms with Gasteiger partial charge in [0.1, 0.15) is 0 Å². The van der Waals surface area contributed by atoms with Crippen molar-refractivity contribution in [3.8, 4) is 0 Å². The van der Waals surface area contributed by atoms with Crippen molar-refractivity contribution >= 4 is 16.9 Å². The van der Waals surface area contributed by atoms with Gasteiger partial charge in [-0.2, -0.15) is 0 Å². The van der Waals surface area contributed by atoms with Crippen LogP contribution in [-0.4, -0.2) is 22.8 Å². The van der Waals surface area contributed by atoms with Gasteiger partial charge < -0.3 is 14.4 Å². The Morgan fingerprint density at radius 3 is 2.88 bits per heavy atom. The number of aliphatic hydroxyl groups excluding tert-OH is 1. The highest BCUT2D eigenvalue weighted by molar-refractivity contribution is 5.85. The molecule has 0 aliphatic carbocycles. The first-order valence-corrected chi connectivity index (χ1v) is 5.42. The van der Waals surface area contributed by atoms with E-state index in [1.807, 2.05) is 42.1 Å². The van der Waals surface area contributed by atoms with Gasteiger partial charge in [0, 0.05) is 29.7 Å². The quantitative estimate of drug-likeness (QED) is 0.822. The molecule has 1 aromatic heterocycles. The fourth-order valence-electron chi connectivity index (χ4n) is 1.99. The molecule has 2 rings (SSSR count). The minimum absolute atomic E-state index is 0.0233. The summed E-state index contributed by atoms with van der Waals surface area (Å²) in [7, 11) is 3.23. The van der Waals surface area contributed by atoms with Crippen LogP contribution >= 0.6 is 0 Å². The molecule has 2 aromatic rings. The highest BCUT2D eigenvalue weighted by Crippen LogP contribution is 2.27. The lowest BCUT2D eigenvalue weighted by Gasteiger charge is -2.07. The predicted octanol–water partition coefficient (Wildman–Crippen LogP) is 1.77. The molecule has 4 nitrogen and oxygen atoms in total. The monoisotopic (exact) mass is 233 g/mol. The number of hydrogen-bond donors (Lipinski definition) is 1. The lowest BCUT2D eigenvalue weighted by atomic mass is 10.1. The zero-order valence-electron chi connectivity index (χ0n) is 9.88. The molecule has 0 fully saturated rings. The number of fused-ring (bicyclic) bond motifs is 1. The standard InChI is InChI=1S/C13H15NO3/c1-14-8-10(12(15)7-13(16)17-2)9-5-3-4-6-11(9)14/h3-6,8,12,15H,7H2,1-2H3. The van der Waals surface area contributed by atoms with Crippen LogP contribution in [0.2, 0.25) is 0 Å². The molecule has 1 aromatic carbocycles. The van der Waals surface area contributed by atoms with E-state index in [1.165, 1.54) is 7.11 Å². The van der Waals surface area contributed by atoms with Crippen molar-refractivity contribution in [3.63, 3.8) is 0 Å². The average molecular weight is 233 g/mol. The first kappa shape index (κ1) is 11.7. The number of carbonyl (C=O) groups is 1. The van der Waals surface area contributed by atoms with Crippen LogP contribution in [0.25, 0.3) is 10.9 Å². The summed E-state index contributed by atoms with van der Waals surface area (Å²) in [5, 5.41) is 11.0. The van der Waals surface area contributed by atoms with Gasteiger partial charge in [0.2, 0.25) is 0 Å². The fraction of sp³-hybridized carbons (Fsp3) is 0.308. The Labute approximate surface area is 99.4 Å². The average Bonchev–Trinajstić information content (AvgIpc) is 2.67. The highest BCUT2D eigenvalue weighted by atomic mass is 16.5. The topological polar surface area (TPSA) is 51.5 Å². The van der Waals surface area contributed by atoms with Crippen LogP contribution in [-0.2, 0) is 16.6 Å². The van der Waals surface area contributed by atoms with Crippen LogP contribution in [0.4, 0.5) is 0 Å². The smallest absolute Gasteiger partial charge is 0.308 e. The number of ether oxygens (including phenoxy) is 1. The van der Waals surface area contributed by atoms with Gasteiger partial charge >= 0.3 is 5.97 Å². The van der Waals surface area contributed by atoms with Crippen LogP contribution in [0.3, 0.4) is 0 Å². The molecule has 1 heterocycles. The molecule has 17 heavy (non-hydrogen) atoms. The molecule has 4 heteroatoms. The number of nitrogens with zero attached hydrogens (tertiary/aromatic N) is 1. The van der Waals surface area contributed by atoms with Crippen LogP contribution in [0.5, 0.6) is 0 Å². The SMILES string of the molecule is COC(=O)CC(O)c1cn(C)c2ccccc12. The first-order valence-electron chi connectivity index (χ1n) is 5.42. The second-order valence-corrected chi connectivity index (χ2v) is 4.01. The van der Waals surface area contributed by atoms with Crippen LogP contribution < -0.4 is 0 Å². The Bertz CT molecular complexity index is 545. The maximum atomic E-state index is 11.1. The van der Waals surface area contributed by atoms with E-state index in [1.54, 1.807) is 0 Å². The Morgan fingerprint density at radius 2 is 2.18 bits per heavy atom. The number of para-hydroxylation sites is 1. The number of carbonyl (C=O) groups excluding carboxylic acids is 1. The van der Waals surface area contributed by atoms with E-state index in [9.17, 15) is 9.90 Å². The fourth-order valence-corrected chi connectivity index (χ4v) is 1.99. The Balaban J connectivity index is 2.38. The summed E-state index contributed by atoms with van der Waals surface area (Å²) in [4.78, 5) is 11.1. The van der Waals surface area contributed by atoms with Crippen LogP contribution in [0.15, 0.2) is 30.5 Å². The molecule has 90 valence electrons. The summed E-state index contributed by atoms with van der Waals surface area (Å²) in [6, 6.07) is 7.77. The third-order valence-corrected chi connectivity index (χ3v) is 2.87. The molecular formula is C13H15NO3. The number of benzene rings is 1. The lowest BCUT2D eigenvalue weighted by Crippen LogP contribution is -2.07. The van der Waals surface area contributed by atoms with Crippen molar-refractivity contribution in [1.82, 2.24) is 4.57 Å². The molecule has 0 aliphatic heterocycles. The summed E-state index contributed by atoms with van der Waals surface area (Å²) in [5.74, 6) is -0.412. The normalized spacial score (nSPS) is 12.6. The van der Waals surface area contributed by atoms with E-state index in [0.29, 0.717) is 0 Å². The van der Waals surface area contributed by atoms with Gasteiger partial charge in [-0.3, -0.25) is 4.79 Å². The van der Waals surface area contributed by atoms with E-state index in [-0.39, 0.29) is 6.42 Å². The summed E-state index contributed by atoms with van der Waals surface area (Å²) in [5.41, 5.74) is 1.79. The van der Waals surface area contributed by atoms with Crippen molar-refractivity contribution in [3.05, 3.63) is 36.0 Å². The number of hydrogen-bond acceptors (Lipinski definition) is 3. The zero-order chi connectivity index (χ0) is 12.4. The van der Waals surface area contributed by atoms with Crippen molar-refractivity contribution < 1.29 is 14.6 Å². The van der Waals surface area contributed by atoms with E-state index >= 15 is 0 Å². The van der Waals surface area contributed by atoms with Gasteiger partial charge in [0.05, 0.1) is 19.6 Å². The maximum absolute atomic E-state index is 11.1. The highest BCUT2D eigenvalue weighted by Gasteiger charge is 2.17. The minimum Gasteiger partial charge on any atom is -0.469 e. The van der Waals surface area contributed by atoms with E-state index in [4.69, 9.17) is 0 Å². The molecule has 0 saturated heterocycles. The van der Waals surface area contributed by atoms with Gasteiger partial charge in [0.25, 0.3) is 0 Å². The maximum Gasteiger partial charge on any atom is 0.308 e. The molecule has 0 spiro atoms. The summed E-state index contributed by atoms with van der Waals surface area (Å²) in [6.07, 6.45) is 0.997.